The number of rotatable bonds is 6. The zero-order valence-corrected chi connectivity index (χ0v) is 15.4. The molecule has 1 N–H and O–H groups in total. The molecule has 0 aliphatic carbocycles. The maximum absolute atomic E-state index is 12.7. The number of hydrogen-bond acceptors (Lipinski definition) is 4. The Balaban J connectivity index is 1.29. The van der Waals surface area contributed by atoms with Gasteiger partial charge in [0.15, 0.2) is 0 Å². The molecule has 6 nitrogen and oxygen atoms in total. The first-order valence-electron chi connectivity index (χ1n) is 9.65. The van der Waals surface area contributed by atoms with Crippen molar-refractivity contribution >= 4 is 17.5 Å². The van der Waals surface area contributed by atoms with Gasteiger partial charge in [0.2, 0.25) is 11.8 Å². The minimum absolute atomic E-state index is 0.0165. The second kappa shape index (κ2) is 7.96. The van der Waals surface area contributed by atoms with E-state index in [0.717, 1.165) is 43.8 Å². The molecule has 0 bridgehead atoms. The van der Waals surface area contributed by atoms with Crippen molar-refractivity contribution in [3.8, 4) is 0 Å². The number of benzene rings is 1. The van der Waals surface area contributed by atoms with Gasteiger partial charge in [-0.15, -0.1) is 0 Å². The molecule has 1 aromatic heterocycles. The van der Waals surface area contributed by atoms with E-state index < -0.39 is 0 Å². The molecule has 1 unspecified atom stereocenters. The first-order chi connectivity index (χ1) is 13.2. The number of anilines is 1. The third kappa shape index (κ3) is 3.90. The van der Waals surface area contributed by atoms with Gasteiger partial charge in [0.25, 0.3) is 0 Å². The van der Waals surface area contributed by atoms with Crippen LogP contribution in [-0.2, 0) is 22.6 Å². The van der Waals surface area contributed by atoms with Gasteiger partial charge in [-0.25, -0.2) is 0 Å². The van der Waals surface area contributed by atoms with E-state index >= 15 is 0 Å². The molecular weight excluding hydrogens is 342 g/mol. The van der Waals surface area contributed by atoms with Crippen LogP contribution in [0.25, 0.3) is 0 Å². The lowest BCUT2D eigenvalue weighted by Gasteiger charge is -2.24. The molecule has 0 radical (unpaired) electrons. The third-order valence-corrected chi connectivity index (χ3v) is 5.48. The van der Waals surface area contributed by atoms with Crippen molar-refractivity contribution in [3.05, 3.63) is 54.0 Å². The average molecular weight is 367 g/mol. The molecule has 4 rings (SSSR count). The molecule has 0 saturated carbocycles. The van der Waals surface area contributed by atoms with Crippen LogP contribution in [-0.4, -0.2) is 42.4 Å². The fourth-order valence-corrected chi connectivity index (χ4v) is 4.07. The van der Waals surface area contributed by atoms with Gasteiger partial charge in [-0.2, -0.15) is 0 Å². The van der Waals surface area contributed by atoms with E-state index in [1.807, 2.05) is 35.2 Å². The van der Waals surface area contributed by atoms with Crippen molar-refractivity contribution in [2.45, 2.75) is 38.3 Å². The summed E-state index contributed by atoms with van der Waals surface area (Å²) in [5, 5.41) is 2.94. The summed E-state index contributed by atoms with van der Waals surface area (Å²) in [5.41, 5.74) is 2.28. The maximum Gasteiger partial charge on any atom is 0.237 e. The van der Waals surface area contributed by atoms with Crippen molar-refractivity contribution in [1.29, 1.82) is 0 Å². The molecule has 1 saturated heterocycles. The summed E-state index contributed by atoms with van der Waals surface area (Å²) in [6.45, 7) is 2.64. The Bertz CT molecular complexity index is 803. The fourth-order valence-electron chi connectivity index (χ4n) is 4.07. The second-order valence-corrected chi connectivity index (χ2v) is 7.17. The van der Waals surface area contributed by atoms with Gasteiger partial charge in [0.1, 0.15) is 5.76 Å². The van der Waals surface area contributed by atoms with Crippen LogP contribution in [0.15, 0.2) is 47.1 Å². The Morgan fingerprint density at radius 3 is 2.89 bits per heavy atom. The molecule has 2 aliphatic heterocycles. The monoisotopic (exact) mass is 367 g/mol. The number of furan rings is 1. The molecule has 2 aromatic rings. The number of likely N-dealkylation sites (tertiary alicyclic amines) is 1. The zero-order chi connectivity index (χ0) is 18.6. The molecule has 1 fully saturated rings. The van der Waals surface area contributed by atoms with Crippen molar-refractivity contribution in [2.75, 3.05) is 24.5 Å². The topological polar surface area (TPSA) is 65.8 Å². The summed E-state index contributed by atoms with van der Waals surface area (Å²) in [7, 11) is 0. The van der Waals surface area contributed by atoms with Gasteiger partial charge in [-0.05, 0) is 49.6 Å². The summed E-state index contributed by atoms with van der Waals surface area (Å²) in [6, 6.07) is 11.6. The predicted molar refractivity (Wildman–Crippen MR) is 102 cm³/mol. The maximum atomic E-state index is 12.7. The first-order valence-corrected chi connectivity index (χ1v) is 9.65. The van der Waals surface area contributed by atoms with Crippen molar-refractivity contribution in [2.24, 2.45) is 0 Å². The quantitative estimate of drug-likeness (QED) is 0.851. The van der Waals surface area contributed by atoms with Crippen LogP contribution < -0.4 is 10.2 Å². The predicted octanol–water partition coefficient (Wildman–Crippen LogP) is 2.34. The minimum Gasteiger partial charge on any atom is -0.467 e. The number of nitrogens with zero attached hydrogens (tertiary/aromatic N) is 2. The smallest absolute Gasteiger partial charge is 0.237 e. The molecule has 142 valence electrons. The van der Waals surface area contributed by atoms with E-state index in [1.165, 1.54) is 5.56 Å². The Morgan fingerprint density at radius 2 is 2.04 bits per heavy atom. The summed E-state index contributed by atoms with van der Waals surface area (Å²) < 4.78 is 5.26. The van der Waals surface area contributed by atoms with Gasteiger partial charge in [-0.1, -0.05) is 18.2 Å². The molecule has 2 aliphatic rings. The summed E-state index contributed by atoms with van der Waals surface area (Å²) in [4.78, 5) is 29.3. The standard InChI is InChI=1S/C21H25N3O3/c25-20(24-13-9-16-5-1-2-7-18(16)24)10-12-23-11-3-8-19(23)21(26)22-15-17-6-4-14-27-17/h1-2,4-7,14,19H,3,8-13,15H2,(H,22,26). The SMILES string of the molecule is O=C(NCc1ccco1)C1CCCN1CCC(=O)N1CCc2ccccc21. The van der Waals surface area contributed by atoms with Crippen LogP contribution in [0.4, 0.5) is 5.69 Å². The van der Waals surface area contributed by atoms with E-state index in [2.05, 4.69) is 16.3 Å². The fraction of sp³-hybridized carbons (Fsp3) is 0.429. The lowest BCUT2D eigenvalue weighted by atomic mass is 10.2. The lowest BCUT2D eigenvalue weighted by molar-refractivity contribution is -0.126. The molecule has 2 amide bonds. The first kappa shape index (κ1) is 17.8. The molecule has 27 heavy (non-hydrogen) atoms. The van der Waals surface area contributed by atoms with Crippen LogP contribution in [0.2, 0.25) is 0 Å². The second-order valence-electron chi connectivity index (χ2n) is 7.17. The Labute approximate surface area is 159 Å². The van der Waals surface area contributed by atoms with Crippen LogP contribution >= 0.6 is 0 Å². The van der Waals surface area contributed by atoms with Crippen LogP contribution in [0.1, 0.15) is 30.6 Å². The van der Waals surface area contributed by atoms with Crippen LogP contribution in [0.5, 0.6) is 0 Å². The van der Waals surface area contributed by atoms with Crippen molar-refractivity contribution < 1.29 is 14.0 Å². The number of hydrogen-bond donors (Lipinski definition) is 1. The summed E-state index contributed by atoms with van der Waals surface area (Å²) in [6.07, 6.45) is 4.79. The average Bonchev–Trinajstić information content (AvgIpc) is 3.44. The summed E-state index contributed by atoms with van der Waals surface area (Å²) >= 11 is 0. The van der Waals surface area contributed by atoms with Gasteiger partial charge in [-0.3, -0.25) is 14.5 Å². The molecule has 6 heteroatoms. The Kier molecular flexibility index (Phi) is 5.25. The largest absolute Gasteiger partial charge is 0.467 e. The van der Waals surface area contributed by atoms with Crippen molar-refractivity contribution in [1.82, 2.24) is 10.2 Å². The van der Waals surface area contributed by atoms with E-state index in [1.54, 1.807) is 6.26 Å². The molecule has 3 heterocycles. The molecule has 0 spiro atoms. The highest BCUT2D eigenvalue weighted by Crippen LogP contribution is 2.28. The van der Waals surface area contributed by atoms with Crippen LogP contribution in [0, 0.1) is 0 Å². The number of carbonyl (C=O) groups is 2. The lowest BCUT2D eigenvalue weighted by Crippen LogP contribution is -2.44. The number of amides is 2. The highest BCUT2D eigenvalue weighted by molar-refractivity contribution is 5.95. The van der Waals surface area contributed by atoms with Crippen LogP contribution in [0.3, 0.4) is 0 Å². The number of para-hydroxylation sites is 1. The number of fused-ring (bicyclic) bond motifs is 1. The number of carbonyl (C=O) groups excluding carboxylic acids is 2. The zero-order valence-electron chi connectivity index (χ0n) is 15.4. The number of nitrogens with one attached hydrogen (secondary N) is 1. The highest BCUT2D eigenvalue weighted by atomic mass is 16.3. The van der Waals surface area contributed by atoms with Gasteiger partial charge in [0, 0.05) is 25.2 Å². The van der Waals surface area contributed by atoms with Gasteiger partial charge in [0.05, 0.1) is 18.8 Å². The Morgan fingerprint density at radius 1 is 1.15 bits per heavy atom. The third-order valence-electron chi connectivity index (χ3n) is 5.48. The van der Waals surface area contributed by atoms with E-state index in [-0.39, 0.29) is 17.9 Å². The highest BCUT2D eigenvalue weighted by Gasteiger charge is 2.31. The van der Waals surface area contributed by atoms with Crippen molar-refractivity contribution in [3.63, 3.8) is 0 Å². The molecule has 1 aromatic carbocycles. The Hall–Kier alpha value is -2.60. The summed E-state index contributed by atoms with van der Waals surface area (Å²) in [5.74, 6) is 0.903. The van der Waals surface area contributed by atoms with E-state index in [4.69, 9.17) is 4.42 Å². The normalized spacial score (nSPS) is 19.3. The van der Waals surface area contributed by atoms with Gasteiger partial charge >= 0.3 is 0 Å². The molecule has 1 atom stereocenters. The molecular formula is C21H25N3O3. The van der Waals surface area contributed by atoms with E-state index in [0.29, 0.717) is 19.5 Å². The van der Waals surface area contributed by atoms with Gasteiger partial charge < -0.3 is 14.6 Å². The minimum atomic E-state index is -0.154. The van der Waals surface area contributed by atoms with E-state index in [9.17, 15) is 9.59 Å².